The minimum Gasteiger partial charge on any atom is -0.344 e. The molecule has 0 aliphatic rings. The van der Waals surface area contributed by atoms with Gasteiger partial charge in [-0.05, 0) is 0 Å². The van der Waals surface area contributed by atoms with Gasteiger partial charge in [-0.2, -0.15) is 0 Å². The van der Waals surface area contributed by atoms with Crippen LogP contribution < -0.4 is 0 Å². The molecule has 10 heteroatoms. The molecule has 0 heterocycles. The molecule has 0 spiro atoms. The van der Waals surface area contributed by atoms with Crippen LogP contribution in [0.2, 0.25) is 0 Å². The standard InChI is InChI=1S/3C3H9O2P.Fe/c3*1-3-6(2,4)5;/h3*3H2,1-2H3,(H,4,5);. The van der Waals surface area contributed by atoms with Crippen LogP contribution in [-0.2, 0) is 30.8 Å². The van der Waals surface area contributed by atoms with Gasteiger partial charge in [0.25, 0.3) is 0 Å². The quantitative estimate of drug-likeness (QED) is 0.513. The van der Waals surface area contributed by atoms with E-state index in [0.717, 1.165) is 0 Å². The zero-order valence-electron chi connectivity index (χ0n) is 12.4. The summed E-state index contributed by atoms with van der Waals surface area (Å²) in [5.74, 6) is 0. The van der Waals surface area contributed by atoms with Crippen molar-refractivity contribution < 1.29 is 45.4 Å². The first kappa shape index (κ1) is 28.3. The molecule has 3 N–H and O–H groups in total. The second-order valence-corrected chi connectivity index (χ2v) is 12.3. The Morgan fingerprint density at radius 2 is 0.684 bits per heavy atom. The van der Waals surface area contributed by atoms with E-state index >= 15 is 0 Å². The SMILES string of the molecule is CCP(C)(=O)O.CCP(C)(=O)O.CCP(C)(=O)O.[Fe]. The third-order valence-corrected chi connectivity index (χ3v) is 5.28. The molecule has 0 bridgehead atoms. The maximum absolute atomic E-state index is 10.1. The molecule has 3 unspecified atom stereocenters. The van der Waals surface area contributed by atoms with E-state index in [2.05, 4.69) is 0 Å². The van der Waals surface area contributed by atoms with Gasteiger partial charge < -0.3 is 14.7 Å². The van der Waals surface area contributed by atoms with Crippen LogP contribution in [0.4, 0.5) is 0 Å². The summed E-state index contributed by atoms with van der Waals surface area (Å²) in [6.45, 7) is 9.15. The summed E-state index contributed by atoms with van der Waals surface area (Å²) < 4.78 is 30.4. The number of hydrogen-bond donors (Lipinski definition) is 3. The van der Waals surface area contributed by atoms with Crippen LogP contribution in [0.5, 0.6) is 0 Å². The van der Waals surface area contributed by atoms with Crippen molar-refractivity contribution in [2.45, 2.75) is 20.8 Å². The first-order chi connectivity index (χ1) is 7.68. The molecule has 3 atom stereocenters. The molecular formula is C9H27FeO6P3. The van der Waals surface area contributed by atoms with Crippen molar-refractivity contribution in [3.8, 4) is 0 Å². The van der Waals surface area contributed by atoms with E-state index in [1.165, 1.54) is 20.0 Å². The molecule has 122 valence electrons. The van der Waals surface area contributed by atoms with E-state index in [9.17, 15) is 13.7 Å². The second-order valence-electron chi connectivity index (χ2n) is 4.10. The molecule has 19 heavy (non-hydrogen) atoms. The van der Waals surface area contributed by atoms with Gasteiger partial charge in [-0.15, -0.1) is 0 Å². The van der Waals surface area contributed by atoms with Crippen molar-refractivity contribution in [2.75, 3.05) is 38.5 Å². The monoisotopic (exact) mass is 380 g/mol. The fourth-order valence-electron chi connectivity index (χ4n) is 0. The maximum Gasteiger partial charge on any atom is 0.197 e. The molecule has 0 aliphatic carbocycles. The van der Waals surface area contributed by atoms with Gasteiger partial charge in [0.2, 0.25) is 0 Å². The zero-order chi connectivity index (χ0) is 15.6. The Morgan fingerprint density at radius 1 is 0.632 bits per heavy atom. The third-order valence-electron chi connectivity index (χ3n) is 1.76. The van der Waals surface area contributed by atoms with E-state index in [1.807, 2.05) is 0 Å². The summed E-state index contributed by atoms with van der Waals surface area (Å²) in [4.78, 5) is 25.1. The summed E-state index contributed by atoms with van der Waals surface area (Å²) in [6.07, 6.45) is 1.15. The van der Waals surface area contributed by atoms with Gasteiger partial charge in [-0.25, -0.2) is 0 Å². The molecule has 0 saturated heterocycles. The van der Waals surface area contributed by atoms with Crippen LogP contribution in [0, 0.1) is 0 Å². The smallest absolute Gasteiger partial charge is 0.197 e. The van der Waals surface area contributed by atoms with E-state index in [4.69, 9.17) is 14.7 Å². The predicted molar refractivity (Wildman–Crippen MR) is 78.9 cm³/mol. The van der Waals surface area contributed by atoms with Crippen molar-refractivity contribution >= 4 is 22.1 Å². The van der Waals surface area contributed by atoms with Crippen molar-refractivity contribution in [3.05, 3.63) is 0 Å². The third kappa shape index (κ3) is 54.8. The molecule has 0 radical (unpaired) electrons. The van der Waals surface area contributed by atoms with Gasteiger partial charge in [-0.1, -0.05) is 20.8 Å². The largest absolute Gasteiger partial charge is 0.344 e. The van der Waals surface area contributed by atoms with Crippen LogP contribution in [0.1, 0.15) is 20.8 Å². The van der Waals surface area contributed by atoms with Gasteiger partial charge in [0.1, 0.15) is 0 Å². The fraction of sp³-hybridized carbons (Fsp3) is 1.00. The van der Waals surface area contributed by atoms with Gasteiger partial charge in [-0.3, -0.25) is 13.7 Å². The summed E-state index contributed by atoms with van der Waals surface area (Å²) >= 11 is 0. The second kappa shape index (κ2) is 12.8. The Morgan fingerprint density at radius 3 is 0.684 bits per heavy atom. The van der Waals surface area contributed by atoms with Crippen molar-refractivity contribution in [2.24, 2.45) is 0 Å². The van der Waals surface area contributed by atoms with Crippen LogP contribution in [0.3, 0.4) is 0 Å². The molecule has 0 saturated carbocycles. The van der Waals surface area contributed by atoms with Crippen LogP contribution in [-0.4, -0.2) is 53.2 Å². The molecule has 6 nitrogen and oxygen atoms in total. The Bertz CT molecular complexity index is 277. The zero-order valence-corrected chi connectivity index (χ0v) is 16.2. The van der Waals surface area contributed by atoms with Crippen LogP contribution in [0.25, 0.3) is 0 Å². The molecule has 0 aromatic heterocycles. The molecule has 0 amide bonds. The number of rotatable bonds is 3. The summed E-state index contributed by atoms with van der Waals surface area (Å²) in [5.41, 5.74) is 0. The molecular weight excluding hydrogens is 353 g/mol. The van der Waals surface area contributed by atoms with Crippen molar-refractivity contribution in [1.82, 2.24) is 0 Å². The van der Waals surface area contributed by atoms with E-state index in [-0.39, 0.29) is 17.1 Å². The van der Waals surface area contributed by atoms with Gasteiger partial charge in [0.05, 0.1) is 0 Å². The summed E-state index contributed by atoms with van der Waals surface area (Å²) in [7, 11) is -7.94. The Hall–Kier alpha value is 1.09. The van der Waals surface area contributed by atoms with Gasteiger partial charge >= 0.3 is 0 Å². The van der Waals surface area contributed by atoms with Crippen LogP contribution in [0.15, 0.2) is 0 Å². The average Bonchev–Trinajstić information content (AvgIpc) is 2.16. The van der Waals surface area contributed by atoms with E-state index in [1.54, 1.807) is 20.8 Å². The first-order valence-electron chi connectivity index (χ1n) is 5.56. The molecule has 0 aromatic rings. The van der Waals surface area contributed by atoms with Crippen molar-refractivity contribution in [1.29, 1.82) is 0 Å². The first-order valence-corrected chi connectivity index (χ1v) is 12.4. The van der Waals surface area contributed by atoms with Gasteiger partial charge in [0.15, 0.2) is 22.1 Å². The molecule has 0 rings (SSSR count). The topological polar surface area (TPSA) is 112 Å². The van der Waals surface area contributed by atoms with Gasteiger partial charge in [0, 0.05) is 55.5 Å². The normalized spacial score (nSPS) is 18.8. The predicted octanol–water partition coefficient (Wildman–Crippen LogP) is 2.72. The van der Waals surface area contributed by atoms with E-state index in [0.29, 0.717) is 18.5 Å². The Kier molecular flexibility index (Phi) is 19.1. The molecule has 0 aliphatic heterocycles. The minimum atomic E-state index is -2.65. The fourth-order valence-corrected chi connectivity index (χ4v) is 0. The Balaban J connectivity index is -0.0000000865. The summed E-state index contributed by atoms with van der Waals surface area (Å²) in [6, 6.07) is 0. The minimum absolute atomic E-state index is 0. The van der Waals surface area contributed by atoms with Crippen molar-refractivity contribution in [3.63, 3.8) is 0 Å². The van der Waals surface area contributed by atoms with Crippen LogP contribution >= 0.6 is 22.1 Å². The summed E-state index contributed by atoms with van der Waals surface area (Å²) in [5, 5.41) is 0. The average molecular weight is 380 g/mol. The van der Waals surface area contributed by atoms with E-state index < -0.39 is 22.1 Å². The Labute approximate surface area is 127 Å². The molecule has 0 fully saturated rings. The number of hydrogen-bond acceptors (Lipinski definition) is 3. The maximum atomic E-state index is 10.1. The molecule has 0 aromatic carbocycles.